The Labute approximate surface area is 143 Å². The zero-order valence-corrected chi connectivity index (χ0v) is 14.3. The summed E-state index contributed by atoms with van der Waals surface area (Å²) >= 11 is 0. The van der Waals surface area contributed by atoms with Crippen molar-refractivity contribution in [1.29, 1.82) is 0 Å². The van der Waals surface area contributed by atoms with Gasteiger partial charge in [0, 0.05) is 0 Å². The first kappa shape index (κ1) is 15.7. The minimum atomic E-state index is -0.149. The summed E-state index contributed by atoms with van der Waals surface area (Å²) in [6.45, 7) is 0. The number of carbonyl (C=O) groups is 1. The molecule has 1 amide bonds. The molecule has 5 rings (SSSR count). The fourth-order valence-electron chi connectivity index (χ4n) is 5.44. The first-order valence-corrected chi connectivity index (χ1v) is 9.14. The highest BCUT2D eigenvalue weighted by Gasteiger charge is 2.52. The predicted molar refractivity (Wildman–Crippen MR) is 94.0 cm³/mol. The molecule has 24 heavy (non-hydrogen) atoms. The van der Waals surface area contributed by atoms with Crippen molar-refractivity contribution in [1.82, 2.24) is 5.43 Å². The van der Waals surface area contributed by atoms with Gasteiger partial charge in [-0.2, -0.15) is 5.10 Å². The normalized spacial score (nSPS) is 34.3. The van der Waals surface area contributed by atoms with E-state index in [1.165, 1.54) is 25.7 Å². The van der Waals surface area contributed by atoms with Crippen LogP contribution in [0.25, 0.3) is 0 Å². The molecule has 1 aromatic carbocycles. The van der Waals surface area contributed by atoms with Gasteiger partial charge < -0.3 is 4.74 Å². The maximum atomic E-state index is 12.9. The van der Waals surface area contributed by atoms with Crippen molar-refractivity contribution in [3.05, 3.63) is 29.8 Å². The SMILES string of the molecule is COc1ccc(/C=N\NC(=O)C23CC4C[C@@H](CC[C@H](C4)C2)C3)cc1. The van der Waals surface area contributed by atoms with Crippen molar-refractivity contribution < 1.29 is 9.53 Å². The summed E-state index contributed by atoms with van der Waals surface area (Å²) in [5.41, 5.74) is 3.65. The fraction of sp³-hybridized carbons (Fsp3) is 0.600. The van der Waals surface area contributed by atoms with Crippen molar-refractivity contribution in [2.75, 3.05) is 7.11 Å². The van der Waals surface area contributed by atoms with E-state index in [1.54, 1.807) is 13.3 Å². The highest BCUT2D eigenvalue weighted by molar-refractivity contribution is 5.85. The Bertz CT molecular complexity index is 622. The van der Waals surface area contributed by atoms with Crippen LogP contribution >= 0.6 is 0 Å². The molecule has 0 radical (unpaired) electrons. The minimum absolute atomic E-state index is 0.147. The largest absolute Gasteiger partial charge is 0.497 e. The first-order chi connectivity index (χ1) is 11.7. The Balaban J connectivity index is 1.43. The molecule has 1 aromatic rings. The number of fused-ring (bicyclic) bond motifs is 1. The Morgan fingerprint density at radius 3 is 2.38 bits per heavy atom. The topological polar surface area (TPSA) is 50.7 Å². The van der Waals surface area contributed by atoms with Crippen LogP contribution in [-0.4, -0.2) is 19.2 Å². The molecule has 4 fully saturated rings. The molecular weight excluding hydrogens is 300 g/mol. The van der Waals surface area contributed by atoms with E-state index < -0.39 is 0 Å². The molecule has 4 heteroatoms. The third-order valence-corrected chi connectivity index (χ3v) is 6.33. The molecule has 4 bridgehead atoms. The van der Waals surface area contributed by atoms with Crippen molar-refractivity contribution in [3.8, 4) is 5.75 Å². The standard InChI is InChI=1S/C20H26N2O2/c1-24-18-6-4-14(5-7-18)13-21-22-19(23)20-10-15-2-3-16(11-20)9-17(8-15)12-20/h4-7,13,15-17H,2-3,8-12H2,1H3,(H,22,23)/b21-13-/t15-,16-,17?,20?/m1/s1. The van der Waals surface area contributed by atoms with Gasteiger partial charge in [-0.25, -0.2) is 5.43 Å². The number of nitrogens with one attached hydrogen (secondary N) is 1. The predicted octanol–water partition coefficient (Wildman–Crippen LogP) is 3.75. The second-order valence-electron chi connectivity index (χ2n) is 8.01. The Morgan fingerprint density at radius 1 is 1.12 bits per heavy atom. The fourth-order valence-corrected chi connectivity index (χ4v) is 5.44. The second kappa shape index (κ2) is 6.23. The highest BCUT2D eigenvalue weighted by atomic mass is 16.5. The quantitative estimate of drug-likeness (QED) is 0.677. The molecule has 4 saturated carbocycles. The van der Waals surface area contributed by atoms with Crippen molar-refractivity contribution >= 4 is 12.1 Å². The van der Waals surface area contributed by atoms with Gasteiger partial charge in [0.15, 0.2) is 0 Å². The number of carbonyl (C=O) groups excluding carboxylic acids is 1. The molecule has 0 aliphatic heterocycles. The number of nitrogens with zero attached hydrogens (tertiary/aromatic N) is 1. The summed E-state index contributed by atoms with van der Waals surface area (Å²) < 4.78 is 5.15. The van der Waals surface area contributed by atoms with E-state index in [1.807, 2.05) is 24.3 Å². The lowest BCUT2D eigenvalue weighted by molar-refractivity contribution is -0.138. The van der Waals surface area contributed by atoms with E-state index in [-0.39, 0.29) is 11.3 Å². The Hall–Kier alpha value is -1.84. The van der Waals surface area contributed by atoms with Gasteiger partial charge in [-0.3, -0.25) is 4.79 Å². The molecule has 0 saturated heterocycles. The number of hydrogen-bond donors (Lipinski definition) is 1. The molecule has 4 aliphatic carbocycles. The maximum absolute atomic E-state index is 12.9. The lowest BCUT2D eigenvalue weighted by atomic mass is 9.58. The van der Waals surface area contributed by atoms with E-state index in [0.29, 0.717) is 0 Å². The summed E-state index contributed by atoms with van der Waals surface area (Å²) in [5, 5.41) is 4.22. The average molecular weight is 326 g/mol. The lowest BCUT2D eigenvalue weighted by Gasteiger charge is -2.46. The van der Waals surface area contributed by atoms with Gasteiger partial charge in [-0.15, -0.1) is 0 Å². The van der Waals surface area contributed by atoms with Gasteiger partial charge in [0.25, 0.3) is 0 Å². The highest BCUT2D eigenvalue weighted by Crippen LogP contribution is 2.57. The molecule has 1 N–H and O–H groups in total. The van der Waals surface area contributed by atoms with E-state index in [4.69, 9.17) is 4.74 Å². The van der Waals surface area contributed by atoms with Crippen LogP contribution < -0.4 is 10.2 Å². The van der Waals surface area contributed by atoms with E-state index in [0.717, 1.165) is 48.3 Å². The zero-order valence-electron chi connectivity index (χ0n) is 14.3. The van der Waals surface area contributed by atoms with Crippen molar-refractivity contribution in [2.45, 2.75) is 44.9 Å². The average Bonchev–Trinajstić information content (AvgIpc) is 2.81. The van der Waals surface area contributed by atoms with E-state index in [2.05, 4.69) is 10.5 Å². The summed E-state index contributed by atoms with van der Waals surface area (Å²) in [4.78, 5) is 12.9. The van der Waals surface area contributed by atoms with Gasteiger partial charge >= 0.3 is 0 Å². The van der Waals surface area contributed by atoms with Crippen LogP contribution in [0.5, 0.6) is 5.75 Å². The Kier molecular flexibility index (Phi) is 4.07. The first-order valence-electron chi connectivity index (χ1n) is 9.14. The van der Waals surface area contributed by atoms with Crippen LogP contribution in [0.4, 0.5) is 0 Å². The van der Waals surface area contributed by atoms with Gasteiger partial charge in [-0.05, 0) is 79.7 Å². The van der Waals surface area contributed by atoms with Crippen LogP contribution in [0.2, 0.25) is 0 Å². The summed E-state index contributed by atoms with van der Waals surface area (Å²) in [5.74, 6) is 3.25. The van der Waals surface area contributed by atoms with Gasteiger partial charge in [-0.1, -0.05) is 12.8 Å². The molecule has 2 atom stereocenters. The summed E-state index contributed by atoms with van der Waals surface area (Å²) in [6, 6.07) is 7.66. The molecule has 4 nitrogen and oxygen atoms in total. The molecule has 0 aromatic heterocycles. The number of hydrazone groups is 1. The van der Waals surface area contributed by atoms with Crippen LogP contribution in [0.15, 0.2) is 29.4 Å². The number of benzene rings is 1. The molecule has 0 heterocycles. The molecule has 4 aliphatic rings. The van der Waals surface area contributed by atoms with Crippen LogP contribution in [-0.2, 0) is 4.79 Å². The Morgan fingerprint density at radius 2 is 1.75 bits per heavy atom. The number of rotatable bonds is 4. The van der Waals surface area contributed by atoms with Crippen molar-refractivity contribution in [2.24, 2.45) is 28.3 Å². The number of ether oxygens (including phenoxy) is 1. The zero-order chi connectivity index (χ0) is 16.6. The molecular formula is C20H26N2O2. The van der Waals surface area contributed by atoms with E-state index >= 15 is 0 Å². The van der Waals surface area contributed by atoms with Gasteiger partial charge in [0.05, 0.1) is 18.7 Å². The van der Waals surface area contributed by atoms with Crippen molar-refractivity contribution in [3.63, 3.8) is 0 Å². The van der Waals surface area contributed by atoms with Crippen LogP contribution in [0.3, 0.4) is 0 Å². The minimum Gasteiger partial charge on any atom is -0.497 e. The smallest absolute Gasteiger partial charge is 0.246 e. The second-order valence-corrected chi connectivity index (χ2v) is 8.01. The maximum Gasteiger partial charge on any atom is 0.246 e. The third kappa shape index (κ3) is 2.94. The van der Waals surface area contributed by atoms with Crippen LogP contribution in [0, 0.1) is 23.2 Å². The summed E-state index contributed by atoms with van der Waals surface area (Å²) in [7, 11) is 1.65. The lowest BCUT2D eigenvalue weighted by Crippen LogP contribution is -2.47. The van der Waals surface area contributed by atoms with E-state index in [9.17, 15) is 4.79 Å². The monoisotopic (exact) mass is 326 g/mol. The molecule has 0 unspecified atom stereocenters. The van der Waals surface area contributed by atoms with Gasteiger partial charge in [0.2, 0.25) is 5.91 Å². The number of hydrogen-bond acceptors (Lipinski definition) is 3. The molecule has 128 valence electrons. The third-order valence-electron chi connectivity index (χ3n) is 6.33. The summed E-state index contributed by atoms with van der Waals surface area (Å²) in [6.07, 6.45) is 10.3. The van der Waals surface area contributed by atoms with Gasteiger partial charge in [0.1, 0.15) is 5.75 Å². The number of amides is 1. The van der Waals surface area contributed by atoms with Crippen LogP contribution in [0.1, 0.15) is 50.5 Å². The molecule has 0 spiro atoms. The number of methoxy groups -OCH3 is 1.